The van der Waals surface area contributed by atoms with Crippen LogP contribution in [0.4, 0.5) is 0 Å². The number of halogens is 2. The van der Waals surface area contributed by atoms with Crippen LogP contribution in [0.3, 0.4) is 0 Å². The van der Waals surface area contributed by atoms with Gasteiger partial charge in [-0.3, -0.25) is 0 Å². The summed E-state index contributed by atoms with van der Waals surface area (Å²) >= 11 is -4.47. The molecule has 4 rings (SSSR count). The SMILES string of the molecule is CC1=Cc2ccccc2[CH]1[Zr]([Cl])([Cl])([CH]1C(C)=Cc2ccccc21)[SiH](C)[Si](C)(C)C. The zero-order valence-corrected chi connectivity index (χ0v) is 24.4. The van der Waals surface area contributed by atoms with E-state index >= 15 is 0 Å². The first-order valence-electron chi connectivity index (χ1n) is 10.6. The second kappa shape index (κ2) is 7.17. The summed E-state index contributed by atoms with van der Waals surface area (Å²) in [5, 5.41) is 0. The van der Waals surface area contributed by atoms with Gasteiger partial charge in [-0.05, 0) is 0 Å². The molecule has 5 heteroatoms. The van der Waals surface area contributed by atoms with Crippen molar-refractivity contribution in [2.24, 2.45) is 0 Å². The van der Waals surface area contributed by atoms with Crippen LogP contribution in [0, 0.1) is 0 Å². The van der Waals surface area contributed by atoms with E-state index in [4.69, 9.17) is 17.0 Å². The predicted molar refractivity (Wildman–Crippen MR) is 134 cm³/mol. The maximum absolute atomic E-state index is 8.28. The molecule has 29 heavy (non-hydrogen) atoms. The van der Waals surface area contributed by atoms with Gasteiger partial charge in [0.2, 0.25) is 0 Å². The van der Waals surface area contributed by atoms with Crippen molar-refractivity contribution >= 4 is 42.2 Å². The van der Waals surface area contributed by atoms with Crippen molar-refractivity contribution in [3.05, 3.63) is 81.9 Å². The minimum atomic E-state index is -4.47. The summed E-state index contributed by atoms with van der Waals surface area (Å²) in [5.74, 6) is 0. The first-order chi connectivity index (χ1) is 13.5. The Balaban J connectivity index is 2.04. The van der Waals surface area contributed by atoms with Crippen LogP contribution in [0.15, 0.2) is 59.7 Å². The molecule has 0 spiro atoms. The second-order valence-corrected chi connectivity index (χ2v) is 66.5. The monoisotopic (exact) mass is 535 g/mol. The van der Waals surface area contributed by atoms with Gasteiger partial charge in [0.1, 0.15) is 0 Å². The molecular weight excluding hydrogens is 507 g/mol. The first kappa shape index (κ1) is 22.0. The van der Waals surface area contributed by atoms with Gasteiger partial charge in [-0.1, -0.05) is 0 Å². The van der Waals surface area contributed by atoms with E-state index in [-0.39, 0.29) is 7.25 Å². The molecule has 0 amide bonds. The van der Waals surface area contributed by atoms with Crippen molar-refractivity contribution in [1.29, 1.82) is 0 Å². The van der Waals surface area contributed by atoms with Gasteiger partial charge in [0.05, 0.1) is 0 Å². The molecule has 0 aromatic heterocycles. The molecule has 0 radical (unpaired) electrons. The van der Waals surface area contributed by atoms with Crippen LogP contribution in [0.25, 0.3) is 12.2 Å². The van der Waals surface area contributed by atoms with Crippen LogP contribution in [-0.2, 0) is 15.6 Å². The Hall–Kier alpha value is -0.183. The van der Waals surface area contributed by atoms with Crippen molar-refractivity contribution in [3.8, 4) is 0 Å². The predicted octanol–water partition coefficient (Wildman–Crippen LogP) is 8.07. The summed E-state index contributed by atoms with van der Waals surface area (Å²) in [7, 11) is 15.1. The summed E-state index contributed by atoms with van der Waals surface area (Å²) in [4.78, 5) is 0. The Bertz CT molecular complexity index is 977. The van der Waals surface area contributed by atoms with Crippen LogP contribution >= 0.6 is 17.0 Å². The number of allylic oxidation sites excluding steroid dienone is 2. The molecule has 2 aromatic rings. The van der Waals surface area contributed by atoms with Crippen molar-refractivity contribution in [3.63, 3.8) is 0 Å². The Morgan fingerprint density at radius 2 is 1.14 bits per heavy atom. The van der Waals surface area contributed by atoms with Gasteiger partial charge in [-0.25, -0.2) is 0 Å². The third-order valence-electron chi connectivity index (χ3n) is 7.52. The molecule has 3 atom stereocenters. The Morgan fingerprint density at radius 3 is 1.52 bits per heavy atom. The average molecular weight is 538 g/mol. The molecule has 0 fully saturated rings. The molecule has 2 aromatic carbocycles. The zero-order valence-electron chi connectivity index (χ0n) is 18.3. The number of hydrogen-bond acceptors (Lipinski definition) is 0. The van der Waals surface area contributed by atoms with E-state index in [9.17, 15) is 0 Å². The number of rotatable bonds is 4. The Morgan fingerprint density at radius 1 is 0.759 bits per heavy atom. The topological polar surface area (TPSA) is 0 Å². The van der Waals surface area contributed by atoms with E-state index in [0.717, 1.165) is 0 Å². The van der Waals surface area contributed by atoms with E-state index in [2.05, 4.69) is 101 Å². The third kappa shape index (κ3) is 3.23. The summed E-state index contributed by atoms with van der Waals surface area (Å²) in [6.45, 7) is 14.6. The third-order valence-corrected chi connectivity index (χ3v) is 98.4. The van der Waals surface area contributed by atoms with Crippen molar-refractivity contribution in [2.45, 2.75) is 47.3 Å². The van der Waals surface area contributed by atoms with E-state index in [1.807, 2.05) is 0 Å². The van der Waals surface area contributed by atoms with Gasteiger partial charge < -0.3 is 0 Å². The van der Waals surface area contributed by atoms with Crippen molar-refractivity contribution in [1.82, 2.24) is 0 Å². The molecule has 0 aliphatic heterocycles. The van der Waals surface area contributed by atoms with Gasteiger partial charge in [-0.2, -0.15) is 0 Å². The summed E-state index contributed by atoms with van der Waals surface area (Å²) in [6.07, 6.45) is 4.70. The van der Waals surface area contributed by atoms with Gasteiger partial charge in [-0.15, -0.1) is 0 Å². The zero-order chi connectivity index (χ0) is 21.2. The van der Waals surface area contributed by atoms with E-state index in [1.54, 1.807) is 0 Å². The van der Waals surface area contributed by atoms with Crippen LogP contribution in [0.1, 0.15) is 43.4 Å². The van der Waals surface area contributed by atoms with Gasteiger partial charge in [0.25, 0.3) is 0 Å². The molecule has 0 bridgehead atoms. The van der Waals surface area contributed by atoms with Crippen LogP contribution in [-0.4, -0.2) is 13.0 Å². The van der Waals surface area contributed by atoms with Crippen molar-refractivity contribution in [2.75, 3.05) is 0 Å². The molecule has 2 aliphatic carbocycles. The van der Waals surface area contributed by atoms with Crippen molar-refractivity contribution < 1.29 is 15.6 Å². The molecule has 0 saturated carbocycles. The van der Waals surface area contributed by atoms with E-state index in [0.29, 0.717) is 0 Å². The van der Waals surface area contributed by atoms with Crippen LogP contribution in [0.5, 0.6) is 0 Å². The molecule has 2 aliphatic rings. The molecule has 0 nitrogen and oxygen atoms in total. The molecule has 153 valence electrons. The number of benzene rings is 2. The molecule has 3 unspecified atom stereocenters. The van der Waals surface area contributed by atoms with E-state index < -0.39 is 28.6 Å². The standard InChI is InChI=1S/2C10H9.C4H13Si2.2ClH.Zr/c2*1-8-6-9-4-2-3-5-10(9)7-8;1-5-6(2,3)4;;;/h2*2-7H,1H3;5H,1-4H3;2*1H;/q;;;;;+2/p-2. The number of hydrogen-bond donors (Lipinski definition) is 0. The summed E-state index contributed by atoms with van der Waals surface area (Å²) in [5.41, 5.74) is 6.74. The van der Waals surface area contributed by atoms with Crippen LogP contribution < -0.4 is 0 Å². The molecule has 0 N–H and O–H groups in total. The quantitative estimate of drug-likeness (QED) is 0.346. The van der Waals surface area contributed by atoms with Gasteiger partial charge in [0, 0.05) is 0 Å². The first-order valence-corrected chi connectivity index (χ1v) is 31.0. The Labute approximate surface area is 185 Å². The summed E-state index contributed by atoms with van der Waals surface area (Å²) < 4.78 is 0.452. The molecule has 0 heterocycles. The normalized spacial score (nSPS) is 23.5. The van der Waals surface area contributed by atoms with Gasteiger partial charge >= 0.3 is 187 Å². The Kier molecular flexibility index (Phi) is 5.45. The molecule has 0 saturated heterocycles. The fourth-order valence-corrected chi connectivity index (χ4v) is 120. The summed E-state index contributed by atoms with van der Waals surface area (Å²) in [6, 6.07) is 17.6. The molecular formula is C24H31Cl2Si2Zr. The van der Waals surface area contributed by atoms with E-state index in [1.165, 1.54) is 33.4 Å². The number of fused-ring (bicyclic) bond motifs is 2. The van der Waals surface area contributed by atoms with Gasteiger partial charge in [0.15, 0.2) is 0 Å². The fourth-order valence-electron chi connectivity index (χ4n) is 5.92. The average Bonchev–Trinajstić information content (AvgIpc) is 3.16. The second-order valence-electron chi connectivity index (χ2n) is 10.2. The van der Waals surface area contributed by atoms with Crippen LogP contribution in [0.2, 0.25) is 26.2 Å². The fraction of sp³-hybridized carbons (Fsp3) is 0.333. The maximum atomic E-state index is 8.28. The minimum absolute atomic E-state index is 0.226.